The molecule has 0 aliphatic rings. The fourth-order valence-corrected chi connectivity index (χ4v) is 4.07. The molecule has 0 unspecified atom stereocenters. The number of fused-ring (bicyclic) bond motifs is 1. The number of pyridine rings is 1. The molecule has 0 spiro atoms. The Balaban J connectivity index is 1.39. The molecule has 0 saturated heterocycles. The number of aromatic nitrogens is 1. The molecule has 4 rings (SSSR count). The van der Waals surface area contributed by atoms with Crippen LogP contribution < -0.4 is 15.4 Å². The Bertz CT molecular complexity index is 1210. The molecule has 8 heteroatoms. The zero-order valence-corrected chi connectivity index (χ0v) is 18.0. The van der Waals surface area contributed by atoms with Crippen LogP contribution in [0.1, 0.15) is 5.56 Å². The van der Waals surface area contributed by atoms with Crippen LogP contribution in [-0.2, 0) is 11.2 Å². The Morgan fingerprint density at radius 1 is 1.13 bits per heavy atom. The smallest absolute Gasteiger partial charge is 0.230 e. The van der Waals surface area contributed by atoms with Gasteiger partial charge >= 0.3 is 0 Å². The first kappa shape index (κ1) is 20.3. The summed E-state index contributed by atoms with van der Waals surface area (Å²) in [6.45, 7) is 0. The van der Waals surface area contributed by atoms with Crippen LogP contribution in [-0.4, -0.2) is 16.0 Å². The van der Waals surface area contributed by atoms with E-state index in [1.807, 2.05) is 47.8 Å². The maximum atomic E-state index is 12.1. The minimum atomic E-state index is -0.201. The van der Waals surface area contributed by atoms with Gasteiger partial charge in [-0.3, -0.25) is 9.78 Å². The van der Waals surface area contributed by atoms with Gasteiger partial charge in [0.25, 0.3) is 0 Å². The number of hydrogen-bond donors (Lipinski definition) is 2. The maximum absolute atomic E-state index is 12.1. The zero-order valence-electron chi connectivity index (χ0n) is 15.6. The molecule has 30 heavy (non-hydrogen) atoms. The number of anilines is 1. The molecule has 1 amide bonds. The van der Waals surface area contributed by atoms with Gasteiger partial charge in [0.05, 0.1) is 27.3 Å². The van der Waals surface area contributed by atoms with Crippen molar-refractivity contribution in [3.63, 3.8) is 0 Å². The molecule has 150 valence electrons. The van der Waals surface area contributed by atoms with Gasteiger partial charge in [0, 0.05) is 18.3 Å². The highest BCUT2D eigenvalue weighted by molar-refractivity contribution is 7.80. The molecule has 2 N–H and O–H groups in total. The number of thiocarbonyl (C=S) groups is 1. The van der Waals surface area contributed by atoms with Crippen molar-refractivity contribution in [1.29, 1.82) is 0 Å². The summed E-state index contributed by atoms with van der Waals surface area (Å²) in [6, 6.07) is 18.4. The highest BCUT2D eigenvalue weighted by Crippen LogP contribution is 2.34. The van der Waals surface area contributed by atoms with Crippen molar-refractivity contribution < 1.29 is 9.53 Å². The van der Waals surface area contributed by atoms with Gasteiger partial charge in [-0.25, -0.2) is 0 Å². The fraction of sp³-hybridized carbons (Fsp3) is 0.0455. The Hall–Kier alpha value is -3.00. The molecule has 2 aromatic heterocycles. The standard InChI is InChI=1S/C22H16ClN3O2S2/c23-16-13-15(28-19-8-10-24-18-9-11-30-21(18)19)6-7-17(16)25-22(29)26-20(27)12-14-4-2-1-3-5-14/h1-11,13H,12H2,(H2,25,26,27,29). The molecule has 0 aliphatic carbocycles. The Kier molecular flexibility index (Phi) is 6.23. The predicted molar refractivity (Wildman–Crippen MR) is 126 cm³/mol. The van der Waals surface area contributed by atoms with E-state index in [1.165, 1.54) is 0 Å². The lowest BCUT2D eigenvalue weighted by Crippen LogP contribution is -2.35. The summed E-state index contributed by atoms with van der Waals surface area (Å²) in [5.41, 5.74) is 2.37. The number of carbonyl (C=O) groups excluding carboxylic acids is 1. The molecule has 0 radical (unpaired) electrons. The number of nitrogens with one attached hydrogen (secondary N) is 2. The molecule has 2 aromatic carbocycles. The number of nitrogens with zero attached hydrogens (tertiary/aromatic N) is 1. The van der Waals surface area contributed by atoms with Crippen molar-refractivity contribution in [3.8, 4) is 11.5 Å². The van der Waals surface area contributed by atoms with Gasteiger partial charge in [0.2, 0.25) is 5.91 Å². The summed E-state index contributed by atoms with van der Waals surface area (Å²) < 4.78 is 6.95. The van der Waals surface area contributed by atoms with Crippen molar-refractivity contribution in [3.05, 3.63) is 82.8 Å². The molecule has 0 atom stereocenters. The third kappa shape index (κ3) is 4.94. The second-order valence-electron chi connectivity index (χ2n) is 6.35. The molecular weight excluding hydrogens is 438 g/mol. The first-order valence-corrected chi connectivity index (χ1v) is 10.7. The van der Waals surface area contributed by atoms with Crippen LogP contribution in [0.4, 0.5) is 5.69 Å². The van der Waals surface area contributed by atoms with E-state index in [2.05, 4.69) is 15.6 Å². The van der Waals surface area contributed by atoms with E-state index in [9.17, 15) is 4.79 Å². The SMILES string of the molecule is O=C(Cc1ccccc1)NC(=S)Nc1ccc(Oc2ccnc3ccsc23)cc1Cl. The third-order valence-electron chi connectivity index (χ3n) is 4.18. The number of hydrogen-bond acceptors (Lipinski definition) is 5. The van der Waals surface area contributed by atoms with Crippen molar-refractivity contribution in [2.24, 2.45) is 0 Å². The average molecular weight is 454 g/mol. The number of halogens is 1. The van der Waals surface area contributed by atoms with Crippen molar-refractivity contribution >= 4 is 62.1 Å². The topological polar surface area (TPSA) is 63.2 Å². The van der Waals surface area contributed by atoms with Crippen LogP contribution in [0.15, 0.2) is 72.2 Å². The highest BCUT2D eigenvalue weighted by Gasteiger charge is 2.10. The largest absolute Gasteiger partial charge is 0.456 e. The van der Waals surface area contributed by atoms with Crippen molar-refractivity contribution in [2.75, 3.05) is 5.32 Å². The molecule has 0 bridgehead atoms. The molecule has 0 saturated carbocycles. The van der Waals surface area contributed by atoms with E-state index in [1.54, 1.807) is 35.7 Å². The van der Waals surface area contributed by atoms with Crippen molar-refractivity contribution in [1.82, 2.24) is 10.3 Å². The first-order chi connectivity index (χ1) is 14.6. The Morgan fingerprint density at radius 3 is 2.77 bits per heavy atom. The summed E-state index contributed by atoms with van der Waals surface area (Å²) in [6.07, 6.45) is 1.95. The van der Waals surface area contributed by atoms with Crippen LogP contribution in [0.5, 0.6) is 11.5 Å². The number of amides is 1. The lowest BCUT2D eigenvalue weighted by molar-refractivity contribution is -0.119. The number of carbonyl (C=O) groups is 1. The second kappa shape index (κ2) is 9.21. The van der Waals surface area contributed by atoms with E-state index in [0.717, 1.165) is 21.5 Å². The first-order valence-electron chi connectivity index (χ1n) is 9.03. The summed E-state index contributed by atoms with van der Waals surface area (Å²) in [5, 5.41) is 8.18. The second-order valence-corrected chi connectivity index (χ2v) is 8.08. The number of thiophene rings is 1. The Morgan fingerprint density at radius 2 is 1.97 bits per heavy atom. The van der Waals surface area contributed by atoms with E-state index >= 15 is 0 Å². The quantitative estimate of drug-likeness (QED) is 0.374. The summed E-state index contributed by atoms with van der Waals surface area (Å²) in [7, 11) is 0. The molecular formula is C22H16ClN3O2S2. The van der Waals surface area contributed by atoms with Gasteiger partial charge in [-0.15, -0.1) is 11.3 Å². The van der Waals surface area contributed by atoms with Gasteiger partial charge in [-0.2, -0.15) is 0 Å². The van der Waals surface area contributed by atoms with Crippen LogP contribution in [0.2, 0.25) is 5.02 Å². The van der Waals surface area contributed by atoms with Crippen LogP contribution in [0, 0.1) is 0 Å². The molecule has 0 aliphatic heterocycles. The van der Waals surface area contributed by atoms with Gasteiger partial charge < -0.3 is 15.4 Å². The van der Waals surface area contributed by atoms with Gasteiger partial charge in [0.15, 0.2) is 5.11 Å². The van der Waals surface area contributed by atoms with Gasteiger partial charge in [-0.1, -0.05) is 41.9 Å². The lowest BCUT2D eigenvalue weighted by Gasteiger charge is -2.13. The molecule has 5 nitrogen and oxygen atoms in total. The average Bonchev–Trinajstić information content (AvgIpc) is 3.20. The minimum Gasteiger partial charge on any atom is -0.456 e. The number of ether oxygens (including phenoxy) is 1. The lowest BCUT2D eigenvalue weighted by atomic mass is 10.1. The summed E-state index contributed by atoms with van der Waals surface area (Å²) in [5.74, 6) is 1.10. The Labute approximate surface area is 187 Å². The predicted octanol–water partition coefficient (Wildman–Crippen LogP) is 5.80. The minimum absolute atomic E-state index is 0.181. The van der Waals surface area contributed by atoms with Gasteiger partial charge in [-0.05, 0) is 41.4 Å². The molecule has 0 fully saturated rings. The fourth-order valence-electron chi connectivity index (χ4n) is 2.82. The summed E-state index contributed by atoms with van der Waals surface area (Å²) >= 11 is 13.2. The third-order valence-corrected chi connectivity index (χ3v) is 5.62. The highest BCUT2D eigenvalue weighted by atomic mass is 35.5. The monoisotopic (exact) mass is 453 g/mol. The van der Waals surface area contributed by atoms with Crippen LogP contribution >= 0.6 is 35.2 Å². The maximum Gasteiger partial charge on any atom is 0.230 e. The van der Waals surface area contributed by atoms with Gasteiger partial charge in [0.1, 0.15) is 11.5 Å². The van der Waals surface area contributed by atoms with E-state index in [4.69, 9.17) is 28.6 Å². The molecule has 2 heterocycles. The van der Waals surface area contributed by atoms with Crippen LogP contribution in [0.3, 0.4) is 0 Å². The normalized spacial score (nSPS) is 10.6. The van der Waals surface area contributed by atoms with Crippen LogP contribution in [0.25, 0.3) is 10.2 Å². The number of rotatable bonds is 5. The van der Waals surface area contributed by atoms with E-state index in [0.29, 0.717) is 16.5 Å². The van der Waals surface area contributed by atoms with E-state index in [-0.39, 0.29) is 17.4 Å². The van der Waals surface area contributed by atoms with E-state index < -0.39 is 0 Å². The molecule has 4 aromatic rings. The zero-order chi connectivity index (χ0) is 20.9. The summed E-state index contributed by atoms with van der Waals surface area (Å²) in [4.78, 5) is 16.4. The number of benzene rings is 2. The van der Waals surface area contributed by atoms with Crippen molar-refractivity contribution in [2.45, 2.75) is 6.42 Å².